The molecule has 1 aliphatic carbocycles. The molecule has 0 saturated heterocycles. The van der Waals surface area contributed by atoms with Crippen molar-refractivity contribution in [2.75, 3.05) is 6.54 Å². The average molecular weight is 270 g/mol. The molecule has 0 aromatic rings. The first-order valence-corrected chi connectivity index (χ1v) is 7.34. The largest absolute Gasteiger partial charge is 0.481 e. The molecular weight excluding hydrogens is 244 g/mol. The van der Waals surface area contributed by atoms with Gasteiger partial charge < -0.3 is 15.7 Å². The zero-order valence-corrected chi connectivity index (χ0v) is 11.8. The van der Waals surface area contributed by atoms with Crippen LogP contribution in [0.5, 0.6) is 0 Å². The van der Waals surface area contributed by atoms with E-state index in [9.17, 15) is 9.59 Å². The minimum absolute atomic E-state index is 0.116. The molecule has 2 unspecified atom stereocenters. The van der Waals surface area contributed by atoms with Gasteiger partial charge in [-0.05, 0) is 38.0 Å². The SMILES string of the molecule is CC1CCCC(NC(=O)NCCCCC(=O)O)CC1. The maximum atomic E-state index is 11.7. The molecule has 0 aromatic heterocycles. The van der Waals surface area contributed by atoms with E-state index in [0.717, 1.165) is 18.8 Å². The molecule has 1 rings (SSSR count). The second-order valence-corrected chi connectivity index (χ2v) is 5.56. The van der Waals surface area contributed by atoms with Crippen LogP contribution in [0.15, 0.2) is 0 Å². The Hall–Kier alpha value is -1.26. The molecule has 0 heterocycles. The molecule has 5 nitrogen and oxygen atoms in total. The second kappa shape index (κ2) is 8.77. The van der Waals surface area contributed by atoms with Crippen LogP contribution in [0.4, 0.5) is 4.79 Å². The smallest absolute Gasteiger partial charge is 0.315 e. The second-order valence-electron chi connectivity index (χ2n) is 5.56. The van der Waals surface area contributed by atoms with Gasteiger partial charge in [-0.25, -0.2) is 4.79 Å². The molecule has 5 heteroatoms. The maximum absolute atomic E-state index is 11.7. The fourth-order valence-corrected chi connectivity index (χ4v) is 2.47. The van der Waals surface area contributed by atoms with Gasteiger partial charge in [-0.3, -0.25) is 4.79 Å². The summed E-state index contributed by atoms with van der Waals surface area (Å²) in [5.74, 6) is -0.0112. The van der Waals surface area contributed by atoms with Crippen LogP contribution in [0.3, 0.4) is 0 Å². The van der Waals surface area contributed by atoms with Gasteiger partial charge in [0.25, 0.3) is 0 Å². The number of aliphatic carboxylic acids is 1. The predicted octanol–water partition coefficient (Wildman–Crippen LogP) is 2.51. The highest BCUT2D eigenvalue weighted by molar-refractivity contribution is 5.74. The zero-order chi connectivity index (χ0) is 14.1. The normalized spacial score (nSPS) is 23.4. The van der Waals surface area contributed by atoms with E-state index in [1.807, 2.05) is 0 Å². The van der Waals surface area contributed by atoms with Crippen molar-refractivity contribution in [1.82, 2.24) is 10.6 Å². The van der Waals surface area contributed by atoms with E-state index in [1.165, 1.54) is 19.3 Å². The van der Waals surface area contributed by atoms with Gasteiger partial charge in [0.15, 0.2) is 0 Å². The monoisotopic (exact) mass is 270 g/mol. The van der Waals surface area contributed by atoms with Crippen molar-refractivity contribution >= 4 is 12.0 Å². The zero-order valence-electron chi connectivity index (χ0n) is 11.8. The van der Waals surface area contributed by atoms with Crippen molar-refractivity contribution in [3.63, 3.8) is 0 Å². The van der Waals surface area contributed by atoms with Crippen LogP contribution in [0.2, 0.25) is 0 Å². The van der Waals surface area contributed by atoms with Crippen molar-refractivity contribution < 1.29 is 14.7 Å². The first kappa shape index (κ1) is 15.8. The Kier molecular flexibility index (Phi) is 7.30. The summed E-state index contributed by atoms with van der Waals surface area (Å²) in [6.45, 7) is 2.81. The van der Waals surface area contributed by atoms with Crippen LogP contribution < -0.4 is 10.6 Å². The van der Waals surface area contributed by atoms with Crippen molar-refractivity contribution in [2.24, 2.45) is 5.92 Å². The topological polar surface area (TPSA) is 78.4 Å². The summed E-state index contributed by atoms with van der Waals surface area (Å²) in [5.41, 5.74) is 0. The molecule has 0 aromatic carbocycles. The van der Waals surface area contributed by atoms with Crippen molar-refractivity contribution in [2.45, 2.75) is 64.3 Å². The van der Waals surface area contributed by atoms with Crippen LogP contribution in [0.25, 0.3) is 0 Å². The van der Waals surface area contributed by atoms with Crippen LogP contribution >= 0.6 is 0 Å². The van der Waals surface area contributed by atoms with Gasteiger partial charge in [0.1, 0.15) is 0 Å². The van der Waals surface area contributed by atoms with Crippen LogP contribution in [0, 0.1) is 5.92 Å². The van der Waals surface area contributed by atoms with Gasteiger partial charge in [0.05, 0.1) is 0 Å². The maximum Gasteiger partial charge on any atom is 0.315 e. The number of rotatable bonds is 6. The molecule has 1 aliphatic rings. The number of hydrogen-bond donors (Lipinski definition) is 3. The molecule has 2 atom stereocenters. The third kappa shape index (κ3) is 7.70. The summed E-state index contributed by atoms with van der Waals surface area (Å²) < 4.78 is 0. The van der Waals surface area contributed by atoms with E-state index in [-0.39, 0.29) is 12.5 Å². The van der Waals surface area contributed by atoms with E-state index in [2.05, 4.69) is 17.6 Å². The Morgan fingerprint density at radius 2 is 1.95 bits per heavy atom. The fraction of sp³-hybridized carbons (Fsp3) is 0.857. The van der Waals surface area contributed by atoms with E-state index >= 15 is 0 Å². The molecule has 0 bridgehead atoms. The number of carbonyl (C=O) groups excluding carboxylic acids is 1. The van der Waals surface area contributed by atoms with E-state index in [4.69, 9.17) is 5.11 Å². The Balaban J connectivity index is 2.08. The van der Waals surface area contributed by atoms with Crippen molar-refractivity contribution in [3.05, 3.63) is 0 Å². The molecule has 2 amide bonds. The number of carbonyl (C=O) groups is 2. The van der Waals surface area contributed by atoms with Crippen LogP contribution in [-0.2, 0) is 4.79 Å². The highest BCUT2D eigenvalue weighted by Gasteiger charge is 2.17. The summed E-state index contributed by atoms with van der Waals surface area (Å²) >= 11 is 0. The van der Waals surface area contributed by atoms with Gasteiger partial charge in [0.2, 0.25) is 0 Å². The summed E-state index contributed by atoms with van der Waals surface area (Å²) in [5, 5.41) is 14.3. The number of carboxylic acids is 1. The number of hydrogen-bond acceptors (Lipinski definition) is 2. The quantitative estimate of drug-likeness (QED) is 0.512. The Morgan fingerprint density at radius 3 is 2.68 bits per heavy atom. The lowest BCUT2D eigenvalue weighted by molar-refractivity contribution is -0.137. The summed E-state index contributed by atoms with van der Waals surface area (Å²) in [4.78, 5) is 22.0. The van der Waals surface area contributed by atoms with E-state index < -0.39 is 5.97 Å². The van der Waals surface area contributed by atoms with Gasteiger partial charge >= 0.3 is 12.0 Å². The molecule has 0 spiro atoms. The third-order valence-corrected chi connectivity index (χ3v) is 3.70. The Bertz CT molecular complexity index is 294. The summed E-state index contributed by atoms with van der Waals surface area (Å²) in [7, 11) is 0. The van der Waals surface area contributed by atoms with Gasteiger partial charge in [-0.1, -0.05) is 19.8 Å². The lowest BCUT2D eigenvalue weighted by atomic mass is 10.0. The molecule has 3 N–H and O–H groups in total. The number of urea groups is 1. The molecule has 1 saturated carbocycles. The number of unbranched alkanes of at least 4 members (excludes halogenated alkanes) is 1. The predicted molar refractivity (Wildman–Crippen MR) is 74.1 cm³/mol. The lowest BCUT2D eigenvalue weighted by Crippen LogP contribution is -2.42. The standard InChI is InChI=1S/C14H26N2O3/c1-11-5-4-6-12(9-8-11)16-14(19)15-10-3-2-7-13(17)18/h11-12H,2-10H2,1H3,(H,17,18)(H2,15,16,19). The van der Waals surface area contributed by atoms with E-state index in [1.54, 1.807) is 0 Å². The number of carboxylic acid groups (broad SMARTS) is 1. The molecule has 110 valence electrons. The lowest BCUT2D eigenvalue weighted by Gasteiger charge is -2.16. The van der Waals surface area contributed by atoms with Crippen LogP contribution in [-0.4, -0.2) is 29.7 Å². The highest BCUT2D eigenvalue weighted by atomic mass is 16.4. The summed E-state index contributed by atoms with van der Waals surface area (Å²) in [6.07, 6.45) is 7.25. The molecular formula is C14H26N2O3. The number of amides is 2. The average Bonchev–Trinajstić information content (AvgIpc) is 2.54. The molecule has 0 aliphatic heterocycles. The van der Waals surface area contributed by atoms with Gasteiger partial charge in [-0.15, -0.1) is 0 Å². The molecule has 0 radical (unpaired) electrons. The van der Waals surface area contributed by atoms with Gasteiger partial charge in [-0.2, -0.15) is 0 Å². The van der Waals surface area contributed by atoms with Gasteiger partial charge in [0, 0.05) is 19.0 Å². The van der Waals surface area contributed by atoms with Crippen LogP contribution in [0.1, 0.15) is 58.3 Å². The molecule has 1 fully saturated rings. The Morgan fingerprint density at radius 1 is 1.16 bits per heavy atom. The fourth-order valence-electron chi connectivity index (χ4n) is 2.47. The number of nitrogens with one attached hydrogen (secondary N) is 2. The van der Waals surface area contributed by atoms with Crippen molar-refractivity contribution in [1.29, 1.82) is 0 Å². The first-order chi connectivity index (χ1) is 9.08. The first-order valence-electron chi connectivity index (χ1n) is 7.34. The Labute approximate surface area is 115 Å². The minimum atomic E-state index is -0.781. The summed E-state index contributed by atoms with van der Waals surface area (Å²) in [6, 6.07) is 0.179. The van der Waals surface area contributed by atoms with Crippen molar-refractivity contribution in [3.8, 4) is 0 Å². The van der Waals surface area contributed by atoms with E-state index in [0.29, 0.717) is 25.4 Å². The molecule has 19 heavy (non-hydrogen) atoms. The highest BCUT2D eigenvalue weighted by Crippen LogP contribution is 2.22. The minimum Gasteiger partial charge on any atom is -0.481 e. The third-order valence-electron chi connectivity index (χ3n) is 3.70.